The van der Waals surface area contributed by atoms with Crippen LogP contribution in [-0.4, -0.2) is 58.2 Å². The van der Waals surface area contributed by atoms with Crippen LogP contribution in [0.15, 0.2) is 48.2 Å². The van der Waals surface area contributed by atoms with Gasteiger partial charge in [0, 0.05) is 43.3 Å². The highest BCUT2D eigenvalue weighted by atomic mass is 32.2. The van der Waals surface area contributed by atoms with Crippen molar-refractivity contribution in [2.75, 3.05) is 5.75 Å². The van der Waals surface area contributed by atoms with Crippen molar-refractivity contribution in [3.63, 3.8) is 0 Å². The quantitative estimate of drug-likeness (QED) is 0.297. The molecule has 0 spiro atoms. The zero-order chi connectivity index (χ0) is 29.4. The molecule has 0 aliphatic carbocycles. The predicted octanol–water partition coefficient (Wildman–Crippen LogP) is 3.30. The predicted molar refractivity (Wildman–Crippen MR) is 150 cm³/mol. The third-order valence-electron chi connectivity index (χ3n) is 7.16. The number of carbonyl (C=O) groups is 2. The topological polar surface area (TPSA) is 121 Å². The summed E-state index contributed by atoms with van der Waals surface area (Å²) in [6.45, 7) is 3.38. The van der Waals surface area contributed by atoms with Gasteiger partial charge in [0.25, 0.3) is 10.1 Å². The number of hydrogen-bond donors (Lipinski definition) is 3. The number of fused-ring (bicyclic) bond motifs is 2. The van der Waals surface area contributed by atoms with E-state index in [1.165, 1.54) is 6.08 Å². The summed E-state index contributed by atoms with van der Waals surface area (Å²) in [4.78, 5) is 25.5. The normalized spacial score (nSPS) is 16.4. The first-order valence-corrected chi connectivity index (χ1v) is 14.6. The standard InChI is InChI=1S/C27H33BF2N4O5S/c1-17(2)21-7-5-20(6-8-21)15-31-27(36)24(16-40(37,38)39)32-26(35)12-11-22-9-10-23-14-25-18(3)13-19(4)33(25)28(29,30)34(22)23/h5-10,13-14,17,24H,11-12,15-16H2,1-4H3,(H,31,36)(H,32,35)(H,37,38,39). The van der Waals surface area contributed by atoms with Crippen LogP contribution in [0.2, 0.25) is 0 Å². The molecule has 0 saturated heterocycles. The molecular weight excluding hydrogens is 541 g/mol. The number of rotatable bonds is 10. The summed E-state index contributed by atoms with van der Waals surface area (Å²) in [5, 5.41) is 4.91. The summed E-state index contributed by atoms with van der Waals surface area (Å²) < 4.78 is 65.5. The van der Waals surface area contributed by atoms with Crippen molar-refractivity contribution >= 4 is 40.7 Å². The van der Waals surface area contributed by atoms with Crippen LogP contribution in [0.1, 0.15) is 60.7 Å². The summed E-state index contributed by atoms with van der Waals surface area (Å²) in [7, 11) is -4.61. The lowest BCUT2D eigenvalue weighted by Gasteiger charge is -2.30. The van der Waals surface area contributed by atoms with Crippen molar-refractivity contribution in [3.05, 3.63) is 76.3 Å². The molecule has 40 heavy (non-hydrogen) atoms. The van der Waals surface area contributed by atoms with Crippen molar-refractivity contribution < 1.29 is 35.7 Å². The summed E-state index contributed by atoms with van der Waals surface area (Å²) in [6, 6.07) is 7.64. The zero-order valence-corrected chi connectivity index (χ0v) is 23.6. The number of aromatic nitrogens is 1. The number of allylic oxidation sites excluding steroid dienone is 2. The van der Waals surface area contributed by atoms with Gasteiger partial charge in [-0.05, 0) is 48.2 Å². The minimum absolute atomic E-state index is 0.0753. The number of nitrogens with zero attached hydrogens (tertiary/aromatic N) is 2. The molecule has 1 aromatic carbocycles. The molecule has 4 rings (SSSR count). The van der Waals surface area contributed by atoms with E-state index in [0.717, 1.165) is 25.7 Å². The van der Waals surface area contributed by atoms with E-state index >= 15 is 8.63 Å². The molecular formula is C27H33BF2N4O5S. The summed E-state index contributed by atoms with van der Waals surface area (Å²) in [5.74, 6) is -2.21. The van der Waals surface area contributed by atoms with Gasteiger partial charge in [-0.3, -0.25) is 14.1 Å². The fourth-order valence-corrected chi connectivity index (χ4v) is 5.79. The second kappa shape index (κ2) is 11.1. The molecule has 3 heterocycles. The molecule has 3 N–H and O–H groups in total. The Morgan fingerprint density at radius 1 is 1.12 bits per heavy atom. The van der Waals surface area contributed by atoms with Gasteiger partial charge in [-0.15, -0.1) is 0 Å². The third kappa shape index (κ3) is 6.25. The Bertz CT molecular complexity index is 1540. The number of aryl methyl sites for hydroxylation is 2. The van der Waals surface area contributed by atoms with E-state index in [1.54, 1.807) is 32.1 Å². The van der Waals surface area contributed by atoms with E-state index in [9.17, 15) is 22.6 Å². The fourth-order valence-electron chi connectivity index (χ4n) is 5.13. The van der Waals surface area contributed by atoms with Gasteiger partial charge in [0.2, 0.25) is 11.8 Å². The number of benzene rings is 1. The van der Waals surface area contributed by atoms with Crippen LogP contribution >= 0.6 is 0 Å². The molecule has 13 heteroatoms. The minimum Gasteiger partial charge on any atom is -0.394 e. The van der Waals surface area contributed by atoms with Crippen LogP contribution in [0.3, 0.4) is 0 Å². The monoisotopic (exact) mass is 574 g/mol. The molecule has 0 bridgehead atoms. The highest BCUT2D eigenvalue weighted by Gasteiger charge is 2.52. The van der Waals surface area contributed by atoms with Gasteiger partial charge in [-0.2, -0.15) is 8.42 Å². The van der Waals surface area contributed by atoms with Crippen LogP contribution in [0.25, 0.3) is 6.08 Å². The van der Waals surface area contributed by atoms with Crippen LogP contribution < -0.4 is 10.6 Å². The lowest BCUT2D eigenvalue weighted by molar-refractivity contribution is -0.362. The van der Waals surface area contributed by atoms with Crippen molar-refractivity contribution in [2.24, 2.45) is 0 Å². The largest absolute Gasteiger partial charge is 0.737 e. The average Bonchev–Trinajstić information content (AvgIpc) is 3.41. The SMILES string of the molecule is Cc1cc(C)n2c1C=C1C=CC(CCC(=O)NC(CS(=O)(=O)O)C(=O)NCc3ccc(C(C)C)cc3)=[N+]1[B-]2(F)F. The number of amides is 2. The van der Waals surface area contributed by atoms with Crippen molar-refractivity contribution in [1.29, 1.82) is 0 Å². The van der Waals surface area contributed by atoms with Crippen LogP contribution in [0, 0.1) is 13.8 Å². The second-order valence-corrected chi connectivity index (χ2v) is 12.1. The first-order valence-electron chi connectivity index (χ1n) is 13.0. The Kier molecular flexibility index (Phi) is 8.18. The minimum atomic E-state index is -4.61. The smallest absolute Gasteiger partial charge is 0.394 e. The second-order valence-electron chi connectivity index (χ2n) is 10.6. The molecule has 9 nitrogen and oxygen atoms in total. The number of nitrogens with one attached hydrogen (secondary N) is 2. The lowest BCUT2D eigenvalue weighted by Crippen LogP contribution is -2.51. The third-order valence-corrected chi connectivity index (χ3v) is 7.91. The first-order chi connectivity index (χ1) is 18.7. The Hall–Kier alpha value is -3.58. The Morgan fingerprint density at radius 2 is 1.80 bits per heavy atom. The van der Waals surface area contributed by atoms with Gasteiger partial charge < -0.3 is 28.2 Å². The highest BCUT2D eigenvalue weighted by Crippen LogP contribution is 2.34. The fraction of sp³-hybridized carbons (Fsp3) is 0.370. The van der Waals surface area contributed by atoms with E-state index in [0.29, 0.717) is 23.0 Å². The molecule has 0 radical (unpaired) electrons. The molecule has 0 saturated carbocycles. The molecule has 1 atom stereocenters. The first kappa shape index (κ1) is 29.4. The van der Waals surface area contributed by atoms with Gasteiger partial charge >= 0.3 is 6.97 Å². The summed E-state index contributed by atoms with van der Waals surface area (Å²) in [5.41, 5.74) is 4.03. The van der Waals surface area contributed by atoms with E-state index in [2.05, 4.69) is 24.5 Å². The van der Waals surface area contributed by atoms with Gasteiger partial charge in [-0.1, -0.05) is 38.1 Å². The van der Waals surface area contributed by atoms with Crippen LogP contribution in [-0.2, 0) is 26.3 Å². The van der Waals surface area contributed by atoms with Crippen molar-refractivity contribution in [3.8, 4) is 0 Å². The van der Waals surface area contributed by atoms with Crippen molar-refractivity contribution in [2.45, 2.75) is 59.0 Å². The highest BCUT2D eigenvalue weighted by molar-refractivity contribution is 7.85. The van der Waals surface area contributed by atoms with E-state index in [1.807, 2.05) is 24.3 Å². The molecule has 214 valence electrons. The van der Waals surface area contributed by atoms with Gasteiger partial charge in [0.15, 0.2) is 5.70 Å². The van der Waals surface area contributed by atoms with Crippen LogP contribution in [0.5, 0.6) is 0 Å². The van der Waals surface area contributed by atoms with Crippen LogP contribution in [0.4, 0.5) is 8.63 Å². The van der Waals surface area contributed by atoms with Gasteiger partial charge in [0.1, 0.15) is 17.5 Å². The molecule has 2 aliphatic rings. The Balaban J connectivity index is 1.43. The molecule has 1 unspecified atom stereocenters. The molecule has 2 aliphatic heterocycles. The number of halogens is 2. The van der Waals surface area contributed by atoms with E-state index in [-0.39, 0.29) is 25.1 Å². The summed E-state index contributed by atoms with van der Waals surface area (Å²) in [6.07, 6.45) is 4.41. The Labute approximate surface area is 232 Å². The molecule has 0 fully saturated rings. The lowest BCUT2D eigenvalue weighted by atomic mass is 9.90. The molecule has 2 aromatic rings. The van der Waals surface area contributed by atoms with Crippen molar-refractivity contribution in [1.82, 2.24) is 15.1 Å². The maximum atomic E-state index is 15.6. The summed E-state index contributed by atoms with van der Waals surface area (Å²) >= 11 is 0. The maximum absolute atomic E-state index is 15.6. The average molecular weight is 574 g/mol. The number of carbonyl (C=O) groups excluding carboxylic acids is 2. The molecule has 1 aromatic heterocycles. The number of hydrogen-bond acceptors (Lipinski definition) is 4. The zero-order valence-electron chi connectivity index (χ0n) is 22.8. The van der Waals surface area contributed by atoms with Gasteiger partial charge in [0.05, 0.1) is 0 Å². The van der Waals surface area contributed by atoms with Gasteiger partial charge in [-0.25, -0.2) is 0 Å². The van der Waals surface area contributed by atoms with E-state index in [4.69, 9.17) is 0 Å². The maximum Gasteiger partial charge on any atom is 0.737 e. The van der Waals surface area contributed by atoms with E-state index < -0.39 is 40.7 Å². The molecule has 2 amide bonds. The Morgan fingerprint density at radius 3 is 2.42 bits per heavy atom.